The van der Waals surface area contributed by atoms with Gasteiger partial charge in [-0.05, 0) is 37.1 Å². The van der Waals surface area contributed by atoms with E-state index in [-0.39, 0.29) is 24.4 Å². The molecule has 3 rings (SSSR count). The Bertz CT molecular complexity index is 830. The number of likely N-dealkylation sites (tertiary alicyclic amines) is 1. The molecule has 0 unspecified atom stereocenters. The Morgan fingerprint density at radius 1 is 1.00 bits per heavy atom. The number of hydrogen-bond donors (Lipinski definition) is 2. The quantitative estimate of drug-likeness (QED) is 0.720. The average Bonchev–Trinajstić information content (AvgIpc) is 2.67. The summed E-state index contributed by atoms with van der Waals surface area (Å²) in [6.07, 6.45) is 1.57. The van der Waals surface area contributed by atoms with Gasteiger partial charge < -0.3 is 10.6 Å². The number of carbonyl (C=O) groups is 2. The van der Waals surface area contributed by atoms with Gasteiger partial charge >= 0.3 is 0 Å². The van der Waals surface area contributed by atoms with Crippen LogP contribution < -0.4 is 10.6 Å². The molecule has 5 nitrogen and oxygen atoms in total. The first-order valence-corrected chi connectivity index (χ1v) is 10.1. The summed E-state index contributed by atoms with van der Waals surface area (Å²) in [6.45, 7) is 1.67. The molecule has 0 aromatic heterocycles. The number of benzene rings is 2. The highest BCUT2D eigenvalue weighted by Gasteiger charge is 2.23. The summed E-state index contributed by atoms with van der Waals surface area (Å²) < 4.78 is 0. The zero-order valence-electron chi connectivity index (χ0n) is 15.1. The molecule has 148 valence electrons. The van der Waals surface area contributed by atoms with Crippen LogP contribution in [0.25, 0.3) is 0 Å². The maximum atomic E-state index is 12.3. The summed E-state index contributed by atoms with van der Waals surface area (Å²) in [7, 11) is 0. The lowest BCUT2D eigenvalue weighted by Crippen LogP contribution is -2.46. The van der Waals surface area contributed by atoms with Crippen LogP contribution in [0, 0.1) is 0 Å². The molecular formula is C20H20Cl3N3O2. The molecule has 0 atom stereocenters. The van der Waals surface area contributed by atoms with Crippen LogP contribution in [0.5, 0.6) is 0 Å². The van der Waals surface area contributed by atoms with Crippen molar-refractivity contribution in [2.24, 2.45) is 0 Å². The highest BCUT2D eigenvalue weighted by Crippen LogP contribution is 2.33. The van der Waals surface area contributed by atoms with Crippen molar-refractivity contribution < 1.29 is 9.59 Å². The first-order chi connectivity index (χ1) is 13.4. The van der Waals surface area contributed by atoms with E-state index in [1.54, 1.807) is 12.1 Å². The smallest absolute Gasteiger partial charge is 0.251 e. The number of piperidine rings is 1. The molecule has 1 aliphatic heterocycles. The number of anilines is 1. The lowest BCUT2D eigenvalue weighted by Gasteiger charge is -2.31. The van der Waals surface area contributed by atoms with E-state index in [0.717, 1.165) is 25.9 Å². The number of nitrogens with zero attached hydrogens (tertiary/aromatic N) is 1. The van der Waals surface area contributed by atoms with Crippen LogP contribution in [0.4, 0.5) is 5.69 Å². The fourth-order valence-electron chi connectivity index (χ4n) is 3.14. The first kappa shape index (κ1) is 20.9. The molecule has 2 amide bonds. The van der Waals surface area contributed by atoms with Crippen LogP contribution in [-0.2, 0) is 4.79 Å². The van der Waals surface area contributed by atoms with Crippen LogP contribution in [0.1, 0.15) is 23.2 Å². The van der Waals surface area contributed by atoms with Crippen LogP contribution in [0.3, 0.4) is 0 Å². The van der Waals surface area contributed by atoms with Crippen molar-refractivity contribution in [2.45, 2.75) is 18.9 Å². The van der Waals surface area contributed by atoms with Gasteiger partial charge in [-0.15, -0.1) is 0 Å². The van der Waals surface area contributed by atoms with Crippen LogP contribution in [0.2, 0.25) is 15.1 Å². The first-order valence-electron chi connectivity index (χ1n) is 8.95. The molecule has 1 saturated heterocycles. The van der Waals surface area contributed by atoms with Gasteiger partial charge in [-0.25, -0.2) is 0 Å². The van der Waals surface area contributed by atoms with E-state index >= 15 is 0 Å². The predicted molar refractivity (Wildman–Crippen MR) is 113 cm³/mol. The molecule has 2 N–H and O–H groups in total. The van der Waals surface area contributed by atoms with Crippen LogP contribution >= 0.6 is 34.8 Å². The number of hydrogen-bond acceptors (Lipinski definition) is 3. The molecule has 0 spiro atoms. The summed E-state index contributed by atoms with van der Waals surface area (Å²) in [5, 5.41) is 6.81. The third-order valence-electron chi connectivity index (χ3n) is 4.60. The van der Waals surface area contributed by atoms with Gasteiger partial charge in [0.1, 0.15) is 0 Å². The van der Waals surface area contributed by atoms with E-state index in [1.807, 2.05) is 23.1 Å². The Morgan fingerprint density at radius 3 is 2.21 bits per heavy atom. The Kier molecular flexibility index (Phi) is 7.18. The Hall–Kier alpha value is -1.79. The minimum atomic E-state index is -0.196. The molecule has 2 aromatic carbocycles. The van der Waals surface area contributed by atoms with Crippen molar-refractivity contribution in [1.82, 2.24) is 10.2 Å². The molecular weight excluding hydrogens is 421 g/mol. The van der Waals surface area contributed by atoms with Gasteiger partial charge in [-0.2, -0.15) is 0 Å². The fraction of sp³-hybridized carbons (Fsp3) is 0.300. The lowest BCUT2D eigenvalue weighted by molar-refractivity contribution is -0.117. The third kappa shape index (κ3) is 5.61. The van der Waals surface area contributed by atoms with E-state index in [1.165, 1.54) is 12.1 Å². The molecule has 1 heterocycles. The standard InChI is InChI=1S/C20H20Cl3N3O2/c21-14-10-16(22)19(17(23)11-14)25-18(27)12-26-8-6-15(7-9-26)24-20(28)13-4-2-1-3-5-13/h1-5,10-11,15H,6-9,12H2,(H,24,28)(H,25,27). The summed E-state index contributed by atoms with van der Waals surface area (Å²) in [6, 6.07) is 12.3. The number of amides is 2. The summed E-state index contributed by atoms with van der Waals surface area (Å²) in [4.78, 5) is 26.6. The zero-order valence-corrected chi connectivity index (χ0v) is 17.3. The Balaban J connectivity index is 1.46. The third-order valence-corrected chi connectivity index (χ3v) is 5.41. The molecule has 2 aromatic rings. The highest BCUT2D eigenvalue weighted by atomic mass is 35.5. The van der Waals surface area contributed by atoms with Gasteiger partial charge in [0.05, 0.1) is 22.3 Å². The highest BCUT2D eigenvalue weighted by molar-refractivity contribution is 6.42. The van der Waals surface area contributed by atoms with E-state index in [4.69, 9.17) is 34.8 Å². The molecule has 0 bridgehead atoms. The minimum absolute atomic E-state index is 0.0659. The number of halogens is 3. The fourth-order valence-corrected chi connectivity index (χ4v) is 4.05. The van der Waals surface area contributed by atoms with Gasteiger partial charge in [0.25, 0.3) is 5.91 Å². The molecule has 0 radical (unpaired) electrons. The number of nitrogens with one attached hydrogen (secondary N) is 2. The lowest BCUT2D eigenvalue weighted by atomic mass is 10.0. The molecule has 8 heteroatoms. The van der Waals surface area contributed by atoms with Crippen molar-refractivity contribution in [3.8, 4) is 0 Å². The van der Waals surface area contributed by atoms with E-state index in [0.29, 0.717) is 26.3 Å². The van der Waals surface area contributed by atoms with Crippen molar-refractivity contribution in [2.75, 3.05) is 25.0 Å². The predicted octanol–water partition coefficient (Wildman–Crippen LogP) is 4.48. The largest absolute Gasteiger partial charge is 0.349 e. The molecule has 0 saturated carbocycles. The average molecular weight is 441 g/mol. The van der Waals surface area contributed by atoms with Gasteiger partial charge in [0, 0.05) is 29.7 Å². The SMILES string of the molecule is O=C(CN1CCC(NC(=O)c2ccccc2)CC1)Nc1c(Cl)cc(Cl)cc1Cl. The van der Waals surface area contributed by atoms with Crippen LogP contribution in [0.15, 0.2) is 42.5 Å². The molecule has 1 fully saturated rings. The molecule has 0 aliphatic carbocycles. The second-order valence-corrected chi connectivity index (χ2v) is 7.93. The van der Waals surface area contributed by atoms with Gasteiger partial charge in [0.2, 0.25) is 5.91 Å². The van der Waals surface area contributed by atoms with Crippen molar-refractivity contribution in [1.29, 1.82) is 0 Å². The minimum Gasteiger partial charge on any atom is -0.349 e. The van der Waals surface area contributed by atoms with Gasteiger partial charge in [0.15, 0.2) is 0 Å². The van der Waals surface area contributed by atoms with Gasteiger partial charge in [-0.3, -0.25) is 14.5 Å². The molecule has 1 aliphatic rings. The maximum absolute atomic E-state index is 12.3. The summed E-state index contributed by atoms with van der Waals surface area (Å²) >= 11 is 18.1. The molecule has 28 heavy (non-hydrogen) atoms. The van der Waals surface area contributed by atoms with Crippen molar-refractivity contribution in [3.05, 3.63) is 63.1 Å². The Labute approximate surface area is 178 Å². The second kappa shape index (κ2) is 9.61. The summed E-state index contributed by atoms with van der Waals surface area (Å²) in [5.41, 5.74) is 1.02. The second-order valence-electron chi connectivity index (χ2n) is 6.68. The van der Waals surface area contributed by atoms with E-state index < -0.39 is 0 Å². The summed E-state index contributed by atoms with van der Waals surface area (Å²) in [5.74, 6) is -0.262. The van der Waals surface area contributed by atoms with E-state index in [2.05, 4.69) is 10.6 Å². The number of carbonyl (C=O) groups excluding carboxylic acids is 2. The normalized spacial score (nSPS) is 15.2. The monoisotopic (exact) mass is 439 g/mol. The Morgan fingerprint density at radius 2 is 1.61 bits per heavy atom. The van der Waals surface area contributed by atoms with Gasteiger partial charge in [-0.1, -0.05) is 53.0 Å². The van der Waals surface area contributed by atoms with Crippen molar-refractivity contribution in [3.63, 3.8) is 0 Å². The maximum Gasteiger partial charge on any atom is 0.251 e. The topological polar surface area (TPSA) is 61.4 Å². The number of rotatable bonds is 5. The zero-order chi connectivity index (χ0) is 20.1. The van der Waals surface area contributed by atoms with E-state index in [9.17, 15) is 9.59 Å². The van der Waals surface area contributed by atoms with Crippen LogP contribution in [-0.4, -0.2) is 42.4 Å². The van der Waals surface area contributed by atoms with Crippen molar-refractivity contribution >= 4 is 52.3 Å².